The van der Waals surface area contributed by atoms with Crippen molar-refractivity contribution in [3.63, 3.8) is 0 Å². The Kier molecular flexibility index (Phi) is 1.96. The number of ether oxygens (including phenoxy) is 2. The first-order valence-corrected chi connectivity index (χ1v) is 5.86. The number of carbonyl (C=O) groups is 1. The summed E-state index contributed by atoms with van der Waals surface area (Å²) in [6.45, 7) is 2.68. The van der Waals surface area contributed by atoms with E-state index in [1.165, 1.54) is 12.8 Å². The Bertz CT molecular complexity index is 286. The molecule has 2 saturated heterocycles. The van der Waals surface area contributed by atoms with Crippen LogP contribution < -0.4 is 0 Å². The third-order valence-corrected chi connectivity index (χ3v) is 4.04. The summed E-state index contributed by atoms with van der Waals surface area (Å²) in [4.78, 5) is 13.6. The van der Waals surface area contributed by atoms with Crippen LogP contribution in [0.2, 0.25) is 0 Å². The highest BCUT2D eigenvalue weighted by Crippen LogP contribution is 2.46. The average molecular weight is 211 g/mol. The summed E-state index contributed by atoms with van der Waals surface area (Å²) in [5, 5.41) is 0. The van der Waals surface area contributed by atoms with E-state index < -0.39 is 0 Å². The van der Waals surface area contributed by atoms with Gasteiger partial charge in [-0.3, -0.25) is 4.90 Å². The van der Waals surface area contributed by atoms with E-state index in [1.807, 2.05) is 6.92 Å². The van der Waals surface area contributed by atoms with Gasteiger partial charge in [-0.25, -0.2) is 4.79 Å². The molecule has 0 aromatic heterocycles. The lowest BCUT2D eigenvalue weighted by Crippen LogP contribution is -2.52. The molecule has 4 nitrogen and oxygen atoms in total. The Morgan fingerprint density at radius 2 is 2.13 bits per heavy atom. The minimum Gasteiger partial charge on any atom is -0.441 e. The minimum atomic E-state index is -0.172. The summed E-state index contributed by atoms with van der Waals surface area (Å²) in [5.74, 6) is 0. The molecule has 3 rings (SSSR count). The average Bonchev–Trinajstić information content (AvgIpc) is 2.76. The molecule has 4 heteroatoms. The maximum atomic E-state index is 11.8. The molecule has 1 saturated carbocycles. The fraction of sp³-hybridized carbons (Fsp3) is 0.909. The first-order chi connectivity index (χ1) is 7.23. The van der Waals surface area contributed by atoms with E-state index in [-0.39, 0.29) is 24.0 Å². The van der Waals surface area contributed by atoms with Crippen LogP contribution >= 0.6 is 0 Å². The summed E-state index contributed by atoms with van der Waals surface area (Å²) >= 11 is 0. The van der Waals surface area contributed by atoms with E-state index in [2.05, 4.69) is 0 Å². The van der Waals surface area contributed by atoms with Crippen LogP contribution in [-0.4, -0.2) is 35.5 Å². The Morgan fingerprint density at radius 3 is 2.87 bits per heavy atom. The van der Waals surface area contributed by atoms with Gasteiger partial charge in [0.05, 0.1) is 12.6 Å². The number of carbonyl (C=O) groups excluding carboxylic acids is 1. The van der Waals surface area contributed by atoms with Crippen LogP contribution in [0.5, 0.6) is 0 Å². The van der Waals surface area contributed by atoms with Gasteiger partial charge in [0.15, 0.2) is 0 Å². The van der Waals surface area contributed by atoms with Crippen molar-refractivity contribution < 1.29 is 14.3 Å². The SMILES string of the molecule is CC1OCCC2N1C(=O)OC21CCCC1. The summed E-state index contributed by atoms with van der Waals surface area (Å²) in [7, 11) is 0. The van der Waals surface area contributed by atoms with Gasteiger partial charge in [0.25, 0.3) is 0 Å². The smallest absolute Gasteiger partial charge is 0.412 e. The normalized spacial score (nSPS) is 38.2. The molecule has 0 bridgehead atoms. The van der Waals surface area contributed by atoms with Gasteiger partial charge in [0.2, 0.25) is 0 Å². The Morgan fingerprint density at radius 1 is 1.40 bits per heavy atom. The summed E-state index contributed by atoms with van der Waals surface area (Å²) in [6, 6.07) is 0.260. The molecule has 3 fully saturated rings. The van der Waals surface area contributed by atoms with Crippen LogP contribution in [0, 0.1) is 0 Å². The highest BCUT2D eigenvalue weighted by atomic mass is 16.6. The maximum absolute atomic E-state index is 11.8. The molecule has 15 heavy (non-hydrogen) atoms. The molecule has 1 aliphatic carbocycles. The second-order valence-corrected chi connectivity index (χ2v) is 4.82. The lowest BCUT2D eigenvalue weighted by Gasteiger charge is -2.38. The number of hydrogen-bond acceptors (Lipinski definition) is 3. The Balaban J connectivity index is 1.92. The van der Waals surface area contributed by atoms with Gasteiger partial charge in [0, 0.05) is 0 Å². The van der Waals surface area contributed by atoms with Gasteiger partial charge in [-0.2, -0.15) is 0 Å². The van der Waals surface area contributed by atoms with Gasteiger partial charge >= 0.3 is 6.09 Å². The van der Waals surface area contributed by atoms with Crippen molar-refractivity contribution in [1.82, 2.24) is 4.90 Å². The zero-order chi connectivity index (χ0) is 10.5. The van der Waals surface area contributed by atoms with Crippen molar-refractivity contribution >= 4 is 6.09 Å². The quantitative estimate of drug-likeness (QED) is 0.614. The van der Waals surface area contributed by atoms with Gasteiger partial charge in [-0.1, -0.05) is 0 Å². The first-order valence-electron chi connectivity index (χ1n) is 5.86. The van der Waals surface area contributed by atoms with E-state index in [0.29, 0.717) is 0 Å². The van der Waals surface area contributed by atoms with Gasteiger partial charge in [0.1, 0.15) is 11.8 Å². The molecular weight excluding hydrogens is 194 g/mol. The second kappa shape index (κ2) is 3.11. The van der Waals surface area contributed by atoms with E-state index >= 15 is 0 Å². The number of fused-ring (bicyclic) bond motifs is 2. The molecule has 0 N–H and O–H groups in total. The van der Waals surface area contributed by atoms with Crippen LogP contribution in [0.15, 0.2) is 0 Å². The molecule has 1 spiro atoms. The molecular formula is C11H17NO3. The van der Waals surface area contributed by atoms with Crippen LogP contribution in [0.4, 0.5) is 4.79 Å². The van der Waals surface area contributed by atoms with E-state index in [9.17, 15) is 4.79 Å². The Labute approximate surface area is 89.5 Å². The monoisotopic (exact) mass is 211 g/mol. The van der Waals surface area contributed by atoms with E-state index in [1.54, 1.807) is 4.90 Å². The van der Waals surface area contributed by atoms with Crippen molar-refractivity contribution in [1.29, 1.82) is 0 Å². The molecule has 2 atom stereocenters. The number of nitrogens with zero attached hydrogens (tertiary/aromatic N) is 1. The largest absolute Gasteiger partial charge is 0.441 e. The molecule has 0 radical (unpaired) electrons. The van der Waals surface area contributed by atoms with Crippen molar-refractivity contribution in [2.45, 2.75) is 56.9 Å². The minimum absolute atomic E-state index is 0.115. The zero-order valence-corrected chi connectivity index (χ0v) is 9.07. The first kappa shape index (κ1) is 9.46. The van der Waals surface area contributed by atoms with Gasteiger partial charge < -0.3 is 9.47 Å². The third kappa shape index (κ3) is 1.20. The molecule has 0 aromatic carbocycles. The number of hydrogen-bond donors (Lipinski definition) is 0. The van der Waals surface area contributed by atoms with Crippen LogP contribution in [0.25, 0.3) is 0 Å². The van der Waals surface area contributed by atoms with Crippen LogP contribution in [0.1, 0.15) is 39.0 Å². The fourth-order valence-corrected chi connectivity index (χ4v) is 3.32. The molecule has 0 aromatic rings. The van der Waals surface area contributed by atoms with Gasteiger partial charge in [-0.15, -0.1) is 0 Å². The van der Waals surface area contributed by atoms with Gasteiger partial charge in [-0.05, 0) is 39.0 Å². The van der Waals surface area contributed by atoms with Crippen molar-refractivity contribution in [3.8, 4) is 0 Å². The molecule has 2 aliphatic heterocycles. The Hall–Kier alpha value is -0.770. The molecule has 2 heterocycles. The summed E-state index contributed by atoms with van der Waals surface area (Å²) in [5.41, 5.74) is -0.172. The predicted octanol–water partition coefficient (Wildman–Crippen LogP) is 1.89. The number of rotatable bonds is 0. The van der Waals surface area contributed by atoms with E-state index in [0.717, 1.165) is 25.9 Å². The highest BCUT2D eigenvalue weighted by molar-refractivity contribution is 5.72. The third-order valence-electron chi connectivity index (χ3n) is 4.04. The molecule has 84 valence electrons. The van der Waals surface area contributed by atoms with Crippen molar-refractivity contribution in [3.05, 3.63) is 0 Å². The fourth-order valence-electron chi connectivity index (χ4n) is 3.32. The summed E-state index contributed by atoms with van der Waals surface area (Å²) < 4.78 is 11.1. The van der Waals surface area contributed by atoms with Crippen LogP contribution in [0.3, 0.4) is 0 Å². The topological polar surface area (TPSA) is 38.8 Å². The standard InChI is InChI=1S/C11H17NO3/c1-8-12-9(4-7-14-8)11(15-10(12)13)5-2-3-6-11/h8-9H,2-7H2,1H3. The van der Waals surface area contributed by atoms with Crippen molar-refractivity contribution in [2.75, 3.05) is 6.61 Å². The predicted molar refractivity (Wildman–Crippen MR) is 53.3 cm³/mol. The van der Waals surface area contributed by atoms with Crippen LogP contribution in [-0.2, 0) is 9.47 Å². The lowest BCUT2D eigenvalue weighted by atomic mass is 9.89. The number of amides is 1. The molecule has 2 unspecified atom stereocenters. The molecule has 1 amide bonds. The van der Waals surface area contributed by atoms with Crippen molar-refractivity contribution in [2.24, 2.45) is 0 Å². The maximum Gasteiger partial charge on any atom is 0.412 e. The summed E-state index contributed by atoms with van der Waals surface area (Å²) in [6.07, 6.45) is 5.08. The highest BCUT2D eigenvalue weighted by Gasteiger charge is 2.57. The molecule has 3 aliphatic rings. The lowest BCUT2D eigenvalue weighted by molar-refractivity contribution is -0.0897. The zero-order valence-electron chi connectivity index (χ0n) is 9.07. The second-order valence-electron chi connectivity index (χ2n) is 4.82. The van der Waals surface area contributed by atoms with E-state index in [4.69, 9.17) is 9.47 Å².